The van der Waals surface area contributed by atoms with Crippen molar-refractivity contribution in [3.63, 3.8) is 0 Å². The van der Waals surface area contributed by atoms with Gasteiger partial charge >= 0.3 is 0 Å². The van der Waals surface area contributed by atoms with Crippen LogP contribution in [0.3, 0.4) is 0 Å². The lowest BCUT2D eigenvalue weighted by atomic mass is 10.0. The van der Waals surface area contributed by atoms with Gasteiger partial charge in [-0.1, -0.05) is 18.2 Å². The Labute approximate surface area is 143 Å². The molecule has 0 aliphatic carbocycles. The molecule has 1 N–H and O–H groups in total. The van der Waals surface area contributed by atoms with Crippen LogP contribution >= 0.6 is 0 Å². The van der Waals surface area contributed by atoms with E-state index in [1.165, 1.54) is 5.56 Å². The van der Waals surface area contributed by atoms with Gasteiger partial charge in [-0.05, 0) is 43.7 Å². The lowest BCUT2D eigenvalue weighted by Gasteiger charge is -2.36. The van der Waals surface area contributed by atoms with Gasteiger partial charge in [-0.15, -0.1) is 0 Å². The second-order valence-electron chi connectivity index (χ2n) is 7.06. The largest absolute Gasteiger partial charge is 0.379 e. The van der Waals surface area contributed by atoms with Crippen molar-refractivity contribution in [3.8, 4) is 0 Å². The molecule has 2 saturated heterocycles. The summed E-state index contributed by atoms with van der Waals surface area (Å²) in [7, 11) is 0. The van der Waals surface area contributed by atoms with Crippen LogP contribution < -0.4 is 5.32 Å². The SMILES string of the molecule is O=C1Nc2ccccc2CCC1N1CCC(OC2CCOC2)CC1. The fourth-order valence-electron chi connectivity index (χ4n) is 4.06. The maximum Gasteiger partial charge on any atom is 0.241 e. The average Bonchev–Trinajstić information content (AvgIpc) is 3.04. The van der Waals surface area contributed by atoms with E-state index in [0.717, 1.165) is 64.1 Å². The summed E-state index contributed by atoms with van der Waals surface area (Å²) in [5.74, 6) is 0.142. The molecule has 2 unspecified atom stereocenters. The van der Waals surface area contributed by atoms with E-state index >= 15 is 0 Å². The molecule has 0 radical (unpaired) electrons. The molecule has 1 aromatic carbocycles. The molecule has 1 amide bonds. The van der Waals surface area contributed by atoms with E-state index in [0.29, 0.717) is 6.10 Å². The fourth-order valence-corrected chi connectivity index (χ4v) is 4.06. The molecule has 3 heterocycles. The number of amides is 1. The Morgan fingerprint density at radius 1 is 1.08 bits per heavy atom. The molecular weight excluding hydrogens is 304 g/mol. The molecule has 5 nitrogen and oxygen atoms in total. The second kappa shape index (κ2) is 7.21. The molecule has 0 bridgehead atoms. The number of carbonyl (C=O) groups excluding carboxylic acids is 1. The number of anilines is 1. The predicted octanol–water partition coefficient (Wildman–Crippen LogP) is 2.21. The standard InChI is InChI=1S/C19H26N2O3/c22-19-18(6-5-14-3-1-2-4-17(14)20-19)21-10-7-15(8-11-21)24-16-9-12-23-13-16/h1-4,15-16,18H,5-13H2,(H,20,22). The van der Waals surface area contributed by atoms with Gasteiger partial charge in [0.15, 0.2) is 0 Å². The van der Waals surface area contributed by atoms with Crippen molar-refractivity contribution in [2.45, 2.75) is 50.4 Å². The summed E-state index contributed by atoms with van der Waals surface area (Å²) in [5.41, 5.74) is 2.22. The zero-order valence-corrected chi connectivity index (χ0v) is 14.1. The average molecular weight is 330 g/mol. The van der Waals surface area contributed by atoms with Crippen LogP contribution in [0.2, 0.25) is 0 Å². The topological polar surface area (TPSA) is 50.8 Å². The molecular formula is C19H26N2O3. The highest BCUT2D eigenvalue weighted by molar-refractivity contribution is 5.96. The number of hydrogen-bond acceptors (Lipinski definition) is 4. The molecule has 3 aliphatic heterocycles. The molecule has 2 fully saturated rings. The van der Waals surface area contributed by atoms with Crippen LogP contribution in [-0.2, 0) is 20.7 Å². The second-order valence-corrected chi connectivity index (χ2v) is 7.06. The number of carbonyl (C=O) groups is 1. The Hall–Kier alpha value is -1.43. The number of benzene rings is 1. The molecule has 0 aromatic heterocycles. The monoisotopic (exact) mass is 330 g/mol. The minimum Gasteiger partial charge on any atom is -0.379 e. The van der Waals surface area contributed by atoms with Crippen LogP contribution in [0.5, 0.6) is 0 Å². The summed E-state index contributed by atoms with van der Waals surface area (Å²) in [5, 5.41) is 3.11. The molecule has 3 aliphatic rings. The number of piperidine rings is 1. The Kier molecular flexibility index (Phi) is 4.83. The van der Waals surface area contributed by atoms with Gasteiger partial charge in [0.1, 0.15) is 0 Å². The maximum atomic E-state index is 12.6. The fraction of sp³-hybridized carbons (Fsp3) is 0.632. The number of nitrogens with one attached hydrogen (secondary N) is 1. The first-order valence-corrected chi connectivity index (χ1v) is 9.15. The van der Waals surface area contributed by atoms with Gasteiger partial charge in [-0.3, -0.25) is 9.69 Å². The van der Waals surface area contributed by atoms with Gasteiger partial charge in [-0.2, -0.15) is 0 Å². The summed E-state index contributed by atoms with van der Waals surface area (Å²) in [6.07, 6.45) is 5.47. The Morgan fingerprint density at radius 3 is 2.71 bits per heavy atom. The van der Waals surface area contributed by atoms with Crippen molar-refractivity contribution in [2.75, 3.05) is 31.6 Å². The number of rotatable bonds is 3. The van der Waals surface area contributed by atoms with E-state index < -0.39 is 0 Å². The van der Waals surface area contributed by atoms with E-state index in [-0.39, 0.29) is 18.1 Å². The van der Waals surface area contributed by atoms with Crippen LogP contribution in [0.15, 0.2) is 24.3 Å². The third-order valence-electron chi connectivity index (χ3n) is 5.46. The zero-order chi connectivity index (χ0) is 16.4. The van der Waals surface area contributed by atoms with E-state index in [2.05, 4.69) is 16.3 Å². The number of nitrogens with zero attached hydrogens (tertiary/aromatic N) is 1. The van der Waals surface area contributed by atoms with Crippen LogP contribution in [-0.4, -0.2) is 55.4 Å². The predicted molar refractivity (Wildman–Crippen MR) is 92.1 cm³/mol. The van der Waals surface area contributed by atoms with Crippen molar-refractivity contribution >= 4 is 11.6 Å². The number of fused-ring (bicyclic) bond motifs is 1. The molecule has 1 aromatic rings. The summed E-state index contributed by atoms with van der Waals surface area (Å²) in [4.78, 5) is 15.0. The lowest BCUT2D eigenvalue weighted by Crippen LogP contribution is -2.49. The molecule has 4 rings (SSSR count). The summed E-state index contributed by atoms with van der Waals surface area (Å²) in [6, 6.07) is 8.12. The van der Waals surface area contributed by atoms with E-state index in [4.69, 9.17) is 9.47 Å². The Morgan fingerprint density at radius 2 is 1.92 bits per heavy atom. The van der Waals surface area contributed by atoms with Crippen LogP contribution in [0.1, 0.15) is 31.2 Å². The van der Waals surface area contributed by atoms with E-state index in [9.17, 15) is 4.79 Å². The van der Waals surface area contributed by atoms with E-state index in [1.54, 1.807) is 0 Å². The maximum absolute atomic E-state index is 12.6. The van der Waals surface area contributed by atoms with Gasteiger partial charge in [0.05, 0.1) is 24.9 Å². The van der Waals surface area contributed by atoms with Gasteiger partial charge in [0.2, 0.25) is 5.91 Å². The first kappa shape index (κ1) is 16.1. The Bertz CT molecular complexity index is 578. The van der Waals surface area contributed by atoms with Crippen molar-refractivity contribution in [1.82, 2.24) is 4.90 Å². The highest BCUT2D eigenvalue weighted by Crippen LogP contribution is 2.26. The first-order valence-electron chi connectivity index (χ1n) is 9.15. The smallest absolute Gasteiger partial charge is 0.241 e. The lowest BCUT2D eigenvalue weighted by molar-refractivity contribution is -0.123. The number of para-hydroxylation sites is 1. The number of likely N-dealkylation sites (tertiary alicyclic amines) is 1. The molecule has 130 valence electrons. The number of ether oxygens (including phenoxy) is 2. The zero-order valence-electron chi connectivity index (χ0n) is 14.1. The summed E-state index contributed by atoms with van der Waals surface area (Å²) in [6.45, 7) is 3.44. The van der Waals surface area contributed by atoms with Crippen LogP contribution in [0, 0.1) is 0 Å². The molecule has 2 atom stereocenters. The normalized spacial score (nSPS) is 29.1. The summed E-state index contributed by atoms with van der Waals surface area (Å²) < 4.78 is 11.5. The van der Waals surface area contributed by atoms with Crippen molar-refractivity contribution in [1.29, 1.82) is 0 Å². The minimum absolute atomic E-state index is 0.0202. The molecule has 0 spiro atoms. The van der Waals surface area contributed by atoms with Crippen LogP contribution in [0.4, 0.5) is 5.69 Å². The quantitative estimate of drug-likeness (QED) is 0.923. The number of aryl methyl sites for hydroxylation is 1. The minimum atomic E-state index is -0.0202. The molecule has 24 heavy (non-hydrogen) atoms. The first-order chi connectivity index (χ1) is 11.8. The van der Waals surface area contributed by atoms with Crippen molar-refractivity contribution in [2.24, 2.45) is 0 Å². The summed E-state index contributed by atoms with van der Waals surface area (Å²) >= 11 is 0. The van der Waals surface area contributed by atoms with Crippen molar-refractivity contribution < 1.29 is 14.3 Å². The highest BCUT2D eigenvalue weighted by atomic mass is 16.5. The number of hydrogen-bond donors (Lipinski definition) is 1. The third kappa shape index (κ3) is 3.48. The van der Waals surface area contributed by atoms with E-state index in [1.807, 2.05) is 18.2 Å². The molecule has 0 saturated carbocycles. The third-order valence-corrected chi connectivity index (χ3v) is 5.46. The van der Waals surface area contributed by atoms with Gasteiger partial charge in [-0.25, -0.2) is 0 Å². The van der Waals surface area contributed by atoms with Gasteiger partial charge < -0.3 is 14.8 Å². The van der Waals surface area contributed by atoms with Gasteiger partial charge in [0.25, 0.3) is 0 Å². The van der Waals surface area contributed by atoms with Crippen LogP contribution in [0.25, 0.3) is 0 Å². The van der Waals surface area contributed by atoms with Crippen molar-refractivity contribution in [3.05, 3.63) is 29.8 Å². The highest BCUT2D eigenvalue weighted by Gasteiger charge is 2.33. The molecule has 5 heteroatoms. The Balaban J connectivity index is 1.33. The van der Waals surface area contributed by atoms with Gasteiger partial charge in [0, 0.05) is 25.4 Å².